The Labute approximate surface area is 114 Å². The largest absolute Gasteiger partial charge is 0.364 e. The molecule has 0 saturated heterocycles. The molecule has 0 spiro atoms. The van der Waals surface area contributed by atoms with Gasteiger partial charge in [-0.15, -0.1) is 0 Å². The Hall–Kier alpha value is -1.36. The summed E-state index contributed by atoms with van der Waals surface area (Å²) < 4.78 is 5.40. The minimum atomic E-state index is 0.0605. The number of likely N-dealkylation sites (N-methyl/N-ethyl adjacent to an activating group) is 1. The normalized spacial score (nSPS) is 23.3. The van der Waals surface area contributed by atoms with Crippen molar-refractivity contribution in [3.05, 3.63) is 18.2 Å². The quantitative estimate of drug-likeness (QED) is 0.885. The van der Waals surface area contributed by atoms with Crippen LogP contribution in [0, 0.1) is 5.92 Å². The van der Waals surface area contributed by atoms with E-state index in [1.54, 1.807) is 12.4 Å². The SMILES string of the molecule is CC1CCCCC1N(C)C(=O)COCc1ncc[nH]1. The number of aromatic amines is 1. The van der Waals surface area contributed by atoms with Crippen LogP contribution in [-0.2, 0) is 16.1 Å². The molecular weight excluding hydrogens is 242 g/mol. The number of aromatic nitrogens is 2. The van der Waals surface area contributed by atoms with E-state index in [0.717, 1.165) is 12.2 Å². The number of nitrogens with zero attached hydrogens (tertiary/aromatic N) is 2. The van der Waals surface area contributed by atoms with Crippen molar-refractivity contribution in [1.82, 2.24) is 14.9 Å². The Morgan fingerprint density at radius 1 is 1.53 bits per heavy atom. The monoisotopic (exact) mass is 265 g/mol. The summed E-state index contributed by atoms with van der Waals surface area (Å²) >= 11 is 0. The zero-order chi connectivity index (χ0) is 13.7. The third kappa shape index (κ3) is 3.80. The molecule has 0 radical (unpaired) electrons. The number of H-pyrrole nitrogens is 1. The molecular formula is C14H23N3O2. The first-order valence-electron chi connectivity index (χ1n) is 7.00. The van der Waals surface area contributed by atoms with Gasteiger partial charge in [-0.2, -0.15) is 0 Å². The highest BCUT2D eigenvalue weighted by Gasteiger charge is 2.27. The van der Waals surface area contributed by atoms with Crippen LogP contribution in [0.3, 0.4) is 0 Å². The van der Waals surface area contributed by atoms with Crippen LogP contribution in [0.1, 0.15) is 38.4 Å². The predicted octanol–water partition coefficient (Wildman–Crippen LogP) is 1.96. The summed E-state index contributed by atoms with van der Waals surface area (Å²) in [4.78, 5) is 21.0. The molecule has 106 valence electrons. The molecule has 1 aromatic rings. The molecule has 0 aliphatic heterocycles. The third-order valence-corrected chi connectivity index (χ3v) is 3.98. The van der Waals surface area contributed by atoms with Gasteiger partial charge in [0, 0.05) is 25.5 Å². The molecule has 1 aliphatic carbocycles. The molecule has 1 heterocycles. The van der Waals surface area contributed by atoms with E-state index in [1.807, 2.05) is 11.9 Å². The number of ether oxygens (including phenoxy) is 1. The third-order valence-electron chi connectivity index (χ3n) is 3.98. The zero-order valence-electron chi connectivity index (χ0n) is 11.8. The summed E-state index contributed by atoms with van der Waals surface area (Å²) in [6, 6.07) is 0.369. The topological polar surface area (TPSA) is 58.2 Å². The van der Waals surface area contributed by atoms with Crippen LogP contribution in [0.25, 0.3) is 0 Å². The summed E-state index contributed by atoms with van der Waals surface area (Å²) in [7, 11) is 1.89. The van der Waals surface area contributed by atoms with E-state index in [9.17, 15) is 4.79 Å². The molecule has 1 aromatic heterocycles. The molecule has 2 rings (SSSR count). The number of hydrogen-bond acceptors (Lipinski definition) is 3. The Morgan fingerprint density at radius 2 is 2.32 bits per heavy atom. The van der Waals surface area contributed by atoms with E-state index >= 15 is 0 Å². The summed E-state index contributed by atoms with van der Waals surface area (Å²) in [5.41, 5.74) is 0. The Kier molecular flexibility index (Phi) is 4.96. The molecule has 5 nitrogen and oxygen atoms in total. The maximum Gasteiger partial charge on any atom is 0.248 e. The number of hydrogen-bond donors (Lipinski definition) is 1. The van der Waals surface area contributed by atoms with Crippen molar-refractivity contribution in [2.24, 2.45) is 5.92 Å². The van der Waals surface area contributed by atoms with Crippen LogP contribution in [0.2, 0.25) is 0 Å². The Bertz CT molecular complexity index is 391. The van der Waals surface area contributed by atoms with Crippen molar-refractivity contribution in [1.29, 1.82) is 0 Å². The van der Waals surface area contributed by atoms with Gasteiger partial charge in [-0.05, 0) is 18.8 Å². The average Bonchev–Trinajstić information content (AvgIpc) is 2.91. The molecule has 1 saturated carbocycles. The van der Waals surface area contributed by atoms with Crippen LogP contribution in [-0.4, -0.2) is 40.5 Å². The number of carbonyl (C=O) groups is 1. The van der Waals surface area contributed by atoms with Gasteiger partial charge < -0.3 is 14.6 Å². The van der Waals surface area contributed by atoms with Crippen molar-refractivity contribution in [2.45, 2.75) is 45.3 Å². The van der Waals surface area contributed by atoms with E-state index in [-0.39, 0.29) is 12.5 Å². The highest BCUT2D eigenvalue weighted by atomic mass is 16.5. The summed E-state index contributed by atoms with van der Waals surface area (Å²) in [6.45, 7) is 2.71. The van der Waals surface area contributed by atoms with E-state index in [1.165, 1.54) is 19.3 Å². The molecule has 1 aliphatic rings. The predicted molar refractivity (Wildman–Crippen MR) is 72.4 cm³/mol. The van der Waals surface area contributed by atoms with Gasteiger partial charge in [-0.3, -0.25) is 4.79 Å². The van der Waals surface area contributed by atoms with Gasteiger partial charge in [-0.1, -0.05) is 19.8 Å². The fourth-order valence-electron chi connectivity index (χ4n) is 2.77. The lowest BCUT2D eigenvalue weighted by Crippen LogP contribution is -2.44. The number of nitrogens with one attached hydrogen (secondary N) is 1. The van der Waals surface area contributed by atoms with E-state index < -0.39 is 0 Å². The van der Waals surface area contributed by atoms with Gasteiger partial charge in [0.2, 0.25) is 5.91 Å². The van der Waals surface area contributed by atoms with Crippen molar-refractivity contribution < 1.29 is 9.53 Å². The van der Waals surface area contributed by atoms with Crippen LogP contribution in [0.4, 0.5) is 0 Å². The van der Waals surface area contributed by atoms with Gasteiger partial charge in [0.1, 0.15) is 19.0 Å². The highest BCUT2D eigenvalue weighted by molar-refractivity contribution is 5.77. The average molecular weight is 265 g/mol. The molecule has 2 unspecified atom stereocenters. The molecule has 0 bridgehead atoms. The minimum Gasteiger partial charge on any atom is -0.364 e. The van der Waals surface area contributed by atoms with Crippen molar-refractivity contribution in [3.8, 4) is 0 Å². The number of imidazole rings is 1. The zero-order valence-corrected chi connectivity index (χ0v) is 11.8. The standard InChI is InChI=1S/C14H23N3O2/c1-11-5-3-4-6-12(11)17(2)14(18)10-19-9-13-15-7-8-16-13/h7-8,11-12H,3-6,9-10H2,1-2H3,(H,15,16). The first kappa shape index (κ1) is 14.1. The van der Waals surface area contributed by atoms with Gasteiger partial charge in [0.05, 0.1) is 0 Å². The second kappa shape index (κ2) is 6.70. The van der Waals surface area contributed by atoms with Crippen molar-refractivity contribution in [3.63, 3.8) is 0 Å². The molecule has 1 fully saturated rings. The van der Waals surface area contributed by atoms with Gasteiger partial charge in [-0.25, -0.2) is 4.98 Å². The molecule has 1 amide bonds. The first-order chi connectivity index (χ1) is 9.18. The molecule has 0 aromatic carbocycles. The first-order valence-corrected chi connectivity index (χ1v) is 7.00. The fraction of sp³-hybridized carbons (Fsp3) is 0.714. The lowest BCUT2D eigenvalue weighted by molar-refractivity contribution is -0.139. The van der Waals surface area contributed by atoms with Gasteiger partial charge >= 0.3 is 0 Å². The van der Waals surface area contributed by atoms with Gasteiger partial charge in [0.15, 0.2) is 0 Å². The number of amides is 1. The van der Waals surface area contributed by atoms with Crippen molar-refractivity contribution >= 4 is 5.91 Å². The number of carbonyl (C=O) groups excluding carboxylic acids is 1. The Balaban J connectivity index is 1.75. The van der Waals surface area contributed by atoms with E-state index in [0.29, 0.717) is 18.6 Å². The van der Waals surface area contributed by atoms with E-state index in [4.69, 9.17) is 4.74 Å². The van der Waals surface area contributed by atoms with Gasteiger partial charge in [0.25, 0.3) is 0 Å². The lowest BCUT2D eigenvalue weighted by atomic mass is 9.85. The van der Waals surface area contributed by atoms with Crippen LogP contribution in [0.5, 0.6) is 0 Å². The van der Waals surface area contributed by atoms with E-state index in [2.05, 4.69) is 16.9 Å². The van der Waals surface area contributed by atoms with Crippen LogP contribution < -0.4 is 0 Å². The summed E-state index contributed by atoms with van der Waals surface area (Å²) in [6.07, 6.45) is 8.26. The van der Waals surface area contributed by atoms with Crippen LogP contribution in [0.15, 0.2) is 12.4 Å². The minimum absolute atomic E-state index is 0.0605. The maximum absolute atomic E-state index is 12.1. The molecule has 5 heteroatoms. The summed E-state index contributed by atoms with van der Waals surface area (Å²) in [5, 5.41) is 0. The molecule has 1 N–H and O–H groups in total. The second-order valence-corrected chi connectivity index (χ2v) is 5.36. The summed E-state index contributed by atoms with van der Waals surface area (Å²) in [5.74, 6) is 1.40. The maximum atomic E-state index is 12.1. The molecule has 19 heavy (non-hydrogen) atoms. The highest BCUT2D eigenvalue weighted by Crippen LogP contribution is 2.27. The molecule has 2 atom stereocenters. The number of rotatable bonds is 5. The second-order valence-electron chi connectivity index (χ2n) is 5.36. The fourth-order valence-corrected chi connectivity index (χ4v) is 2.77. The van der Waals surface area contributed by atoms with Crippen molar-refractivity contribution in [2.75, 3.05) is 13.7 Å². The Morgan fingerprint density at radius 3 is 3.00 bits per heavy atom. The lowest BCUT2D eigenvalue weighted by Gasteiger charge is -2.36. The van der Waals surface area contributed by atoms with Crippen LogP contribution >= 0.6 is 0 Å². The smallest absolute Gasteiger partial charge is 0.248 e.